The Kier molecular flexibility index (Phi) is 6.48. The molecular formula is C19H22Cl2N2OS. The minimum absolute atomic E-state index is 0.0682. The minimum Gasteiger partial charge on any atom is -0.337 e. The van der Waals surface area contributed by atoms with Crippen molar-refractivity contribution in [3.05, 3.63) is 40.4 Å². The Balaban J connectivity index is 1.61. The number of rotatable bonds is 4. The van der Waals surface area contributed by atoms with E-state index < -0.39 is 0 Å². The molecule has 6 heteroatoms. The van der Waals surface area contributed by atoms with Crippen molar-refractivity contribution in [2.75, 3.05) is 18.8 Å². The smallest absolute Gasteiger partial charge is 0.271 e. The SMILES string of the molecule is CC1CCN(C(=O)C2=NC(CSc3cc(Cl)ccc3Cl)CC=C2)CC1. The van der Waals surface area contributed by atoms with Crippen molar-refractivity contribution in [3.8, 4) is 0 Å². The molecule has 0 aliphatic carbocycles. The number of nitrogens with zero attached hydrogens (tertiary/aromatic N) is 2. The molecule has 1 saturated heterocycles. The third-order valence-electron chi connectivity index (χ3n) is 4.62. The van der Waals surface area contributed by atoms with Crippen LogP contribution in [0.3, 0.4) is 0 Å². The Morgan fingerprint density at radius 3 is 2.84 bits per heavy atom. The number of piperidine rings is 1. The molecule has 1 amide bonds. The van der Waals surface area contributed by atoms with Gasteiger partial charge in [-0.15, -0.1) is 11.8 Å². The molecule has 0 radical (unpaired) electrons. The van der Waals surface area contributed by atoms with E-state index in [1.807, 2.05) is 23.1 Å². The van der Waals surface area contributed by atoms with Crippen LogP contribution in [-0.4, -0.2) is 41.4 Å². The molecule has 0 spiro atoms. The molecule has 3 rings (SSSR count). The Morgan fingerprint density at radius 1 is 1.32 bits per heavy atom. The molecule has 2 aliphatic rings. The van der Waals surface area contributed by atoms with Gasteiger partial charge in [-0.05, 0) is 49.5 Å². The minimum atomic E-state index is 0.0682. The quantitative estimate of drug-likeness (QED) is 0.661. The number of thioether (sulfide) groups is 1. The Bertz CT molecular complexity index is 697. The third-order valence-corrected chi connectivity index (χ3v) is 6.50. The van der Waals surface area contributed by atoms with Gasteiger partial charge in [0.25, 0.3) is 5.91 Å². The van der Waals surface area contributed by atoms with Crippen molar-refractivity contribution in [3.63, 3.8) is 0 Å². The van der Waals surface area contributed by atoms with E-state index in [-0.39, 0.29) is 11.9 Å². The van der Waals surface area contributed by atoms with E-state index in [0.29, 0.717) is 21.7 Å². The normalized spacial score (nSPS) is 21.3. The first-order chi connectivity index (χ1) is 12.0. The van der Waals surface area contributed by atoms with Crippen LogP contribution in [0.2, 0.25) is 10.0 Å². The summed E-state index contributed by atoms with van der Waals surface area (Å²) in [6.45, 7) is 3.92. The van der Waals surface area contributed by atoms with E-state index in [1.165, 1.54) is 0 Å². The average molecular weight is 397 g/mol. The van der Waals surface area contributed by atoms with Crippen molar-refractivity contribution < 1.29 is 4.79 Å². The molecule has 0 aromatic heterocycles. The van der Waals surface area contributed by atoms with Gasteiger partial charge in [-0.25, -0.2) is 0 Å². The van der Waals surface area contributed by atoms with Crippen LogP contribution >= 0.6 is 35.0 Å². The molecule has 25 heavy (non-hydrogen) atoms. The molecule has 3 nitrogen and oxygen atoms in total. The lowest BCUT2D eigenvalue weighted by atomic mass is 9.98. The standard InChI is InChI=1S/C19H22Cl2N2OS/c1-13-7-9-23(10-8-13)19(24)17-4-2-3-15(22-17)12-25-18-11-14(20)5-6-16(18)21/h2,4-6,11,13,15H,3,7-10,12H2,1H3. The van der Waals surface area contributed by atoms with Crippen LogP contribution in [0, 0.1) is 5.92 Å². The second-order valence-electron chi connectivity index (χ2n) is 6.67. The van der Waals surface area contributed by atoms with Gasteiger partial charge < -0.3 is 4.90 Å². The maximum atomic E-state index is 12.7. The lowest BCUT2D eigenvalue weighted by molar-refractivity contribution is -0.125. The number of benzene rings is 1. The molecule has 0 bridgehead atoms. The summed E-state index contributed by atoms with van der Waals surface area (Å²) < 4.78 is 0. The second-order valence-corrected chi connectivity index (χ2v) is 8.57. The van der Waals surface area contributed by atoms with Gasteiger partial charge in [0.05, 0.1) is 11.1 Å². The summed E-state index contributed by atoms with van der Waals surface area (Å²) in [5.41, 5.74) is 0.587. The molecule has 2 heterocycles. The lowest BCUT2D eigenvalue weighted by Gasteiger charge is -2.31. The Morgan fingerprint density at radius 2 is 2.08 bits per heavy atom. The van der Waals surface area contributed by atoms with Gasteiger partial charge >= 0.3 is 0 Å². The highest BCUT2D eigenvalue weighted by Gasteiger charge is 2.25. The van der Waals surface area contributed by atoms with E-state index in [1.54, 1.807) is 17.8 Å². The van der Waals surface area contributed by atoms with Gasteiger partial charge in [-0.3, -0.25) is 9.79 Å². The van der Waals surface area contributed by atoms with Crippen LogP contribution in [0.1, 0.15) is 26.2 Å². The zero-order chi connectivity index (χ0) is 17.8. The van der Waals surface area contributed by atoms with Crippen molar-refractivity contribution in [2.45, 2.75) is 37.1 Å². The fourth-order valence-electron chi connectivity index (χ4n) is 3.01. The fourth-order valence-corrected chi connectivity index (χ4v) is 4.53. The number of hydrogen-bond donors (Lipinski definition) is 0. The fraction of sp³-hybridized carbons (Fsp3) is 0.474. The van der Waals surface area contributed by atoms with Gasteiger partial charge in [-0.2, -0.15) is 0 Å². The van der Waals surface area contributed by atoms with Crippen LogP contribution in [-0.2, 0) is 4.79 Å². The predicted octanol–water partition coefficient (Wildman–Crippen LogP) is 5.11. The zero-order valence-electron chi connectivity index (χ0n) is 14.3. The largest absolute Gasteiger partial charge is 0.337 e. The summed E-state index contributed by atoms with van der Waals surface area (Å²) in [7, 11) is 0. The van der Waals surface area contributed by atoms with Gasteiger partial charge in [0.15, 0.2) is 0 Å². The van der Waals surface area contributed by atoms with E-state index in [2.05, 4.69) is 18.0 Å². The van der Waals surface area contributed by atoms with E-state index in [9.17, 15) is 4.79 Å². The summed E-state index contributed by atoms with van der Waals surface area (Å²) >= 11 is 13.9. The lowest BCUT2D eigenvalue weighted by Crippen LogP contribution is -2.42. The highest BCUT2D eigenvalue weighted by Crippen LogP contribution is 2.31. The maximum absolute atomic E-state index is 12.7. The van der Waals surface area contributed by atoms with Crippen molar-refractivity contribution >= 4 is 46.6 Å². The number of amides is 1. The first-order valence-electron chi connectivity index (χ1n) is 8.64. The molecule has 1 fully saturated rings. The highest BCUT2D eigenvalue weighted by molar-refractivity contribution is 7.99. The number of likely N-dealkylation sites (tertiary alicyclic amines) is 1. The average Bonchev–Trinajstić information content (AvgIpc) is 2.63. The highest BCUT2D eigenvalue weighted by atomic mass is 35.5. The number of aliphatic imine (C=N–C) groups is 1. The van der Waals surface area contributed by atoms with E-state index in [4.69, 9.17) is 23.2 Å². The molecule has 0 N–H and O–H groups in total. The molecule has 1 aromatic carbocycles. The maximum Gasteiger partial charge on any atom is 0.271 e. The van der Waals surface area contributed by atoms with E-state index >= 15 is 0 Å². The summed E-state index contributed by atoms with van der Waals surface area (Å²) in [5.74, 6) is 1.55. The summed E-state index contributed by atoms with van der Waals surface area (Å²) in [5, 5.41) is 1.37. The van der Waals surface area contributed by atoms with E-state index in [0.717, 1.165) is 43.0 Å². The van der Waals surface area contributed by atoms with Crippen molar-refractivity contribution in [2.24, 2.45) is 10.9 Å². The third kappa shape index (κ3) is 5.02. The molecule has 1 aromatic rings. The van der Waals surface area contributed by atoms with Gasteiger partial charge in [0.1, 0.15) is 5.71 Å². The summed E-state index contributed by atoms with van der Waals surface area (Å²) in [6, 6.07) is 5.55. The molecular weight excluding hydrogens is 375 g/mol. The Hall–Kier alpha value is -0.970. The van der Waals surface area contributed by atoms with Crippen LogP contribution in [0.5, 0.6) is 0 Å². The molecule has 2 aliphatic heterocycles. The van der Waals surface area contributed by atoms with Gasteiger partial charge in [0.2, 0.25) is 0 Å². The number of carbonyl (C=O) groups excluding carboxylic acids is 1. The first kappa shape index (κ1) is 18.8. The molecule has 1 atom stereocenters. The number of halogens is 2. The zero-order valence-corrected chi connectivity index (χ0v) is 16.6. The van der Waals surface area contributed by atoms with Crippen molar-refractivity contribution in [1.82, 2.24) is 4.90 Å². The van der Waals surface area contributed by atoms with Crippen LogP contribution in [0.4, 0.5) is 0 Å². The van der Waals surface area contributed by atoms with Crippen LogP contribution in [0.25, 0.3) is 0 Å². The summed E-state index contributed by atoms with van der Waals surface area (Å²) in [4.78, 5) is 20.3. The molecule has 0 saturated carbocycles. The Labute approximate surface area is 163 Å². The monoisotopic (exact) mass is 396 g/mol. The molecule has 1 unspecified atom stereocenters. The predicted molar refractivity (Wildman–Crippen MR) is 107 cm³/mol. The topological polar surface area (TPSA) is 32.7 Å². The number of carbonyl (C=O) groups is 1. The first-order valence-corrected chi connectivity index (χ1v) is 10.4. The molecule has 134 valence electrons. The second kappa shape index (κ2) is 8.61. The van der Waals surface area contributed by atoms with Gasteiger partial charge in [0, 0.05) is 28.8 Å². The number of hydrogen-bond acceptors (Lipinski definition) is 3. The number of dihydropyridines is 1. The van der Waals surface area contributed by atoms with Gasteiger partial charge in [-0.1, -0.05) is 36.2 Å². The summed E-state index contributed by atoms with van der Waals surface area (Å²) in [6.07, 6.45) is 6.93. The van der Waals surface area contributed by atoms with Crippen molar-refractivity contribution in [1.29, 1.82) is 0 Å². The van der Waals surface area contributed by atoms with Crippen LogP contribution in [0.15, 0.2) is 40.2 Å². The van der Waals surface area contributed by atoms with Crippen LogP contribution < -0.4 is 0 Å².